The van der Waals surface area contributed by atoms with Gasteiger partial charge in [-0.05, 0) is 36.4 Å². The summed E-state index contributed by atoms with van der Waals surface area (Å²) in [4.78, 5) is 0. The van der Waals surface area contributed by atoms with Gasteiger partial charge in [0.25, 0.3) is 0 Å². The molecular formula is C15H13ClF3N. The Morgan fingerprint density at radius 3 is 2.30 bits per heavy atom. The third kappa shape index (κ3) is 3.14. The van der Waals surface area contributed by atoms with Crippen molar-refractivity contribution in [1.29, 1.82) is 0 Å². The van der Waals surface area contributed by atoms with E-state index in [0.717, 1.165) is 12.1 Å². The maximum Gasteiger partial charge on any atom is 0.142 e. The Hall–Kier alpha value is -1.52. The van der Waals surface area contributed by atoms with E-state index < -0.39 is 17.7 Å². The topological polar surface area (TPSA) is 12.0 Å². The first kappa shape index (κ1) is 14.9. The van der Waals surface area contributed by atoms with Gasteiger partial charge in [-0.1, -0.05) is 30.7 Å². The smallest absolute Gasteiger partial charge is 0.142 e. The van der Waals surface area contributed by atoms with Crippen molar-refractivity contribution in [2.24, 2.45) is 0 Å². The minimum absolute atomic E-state index is 0.139. The van der Waals surface area contributed by atoms with Crippen LogP contribution in [0.1, 0.15) is 24.1 Å². The van der Waals surface area contributed by atoms with Crippen LogP contribution in [-0.2, 0) is 0 Å². The molecule has 1 atom stereocenters. The Morgan fingerprint density at radius 2 is 1.70 bits per heavy atom. The quantitative estimate of drug-likeness (QED) is 0.822. The second-order valence-corrected chi connectivity index (χ2v) is 4.74. The summed E-state index contributed by atoms with van der Waals surface area (Å²) < 4.78 is 40.5. The van der Waals surface area contributed by atoms with Gasteiger partial charge in [-0.25, -0.2) is 13.2 Å². The molecule has 0 radical (unpaired) electrons. The maximum absolute atomic E-state index is 14.0. The molecule has 2 aromatic carbocycles. The van der Waals surface area contributed by atoms with Gasteiger partial charge in [0.15, 0.2) is 0 Å². The lowest BCUT2D eigenvalue weighted by atomic mass is 9.98. The lowest BCUT2D eigenvalue weighted by molar-refractivity contribution is 0.544. The molecule has 106 valence electrons. The molecule has 0 heterocycles. The zero-order valence-electron chi connectivity index (χ0n) is 10.8. The van der Waals surface area contributed by atoms with Crippen molar-refractivity contribution < 1.29 is 13.2 Å². The standard InChI is InChI=1S/C15H13ClF3N/c1-2-20-15(9-3-5-10(17)6-4-9)11-7-14(19)12(16)8-13(11)18/h3-8,15,20H,2H2,1H3. The Balaban J connectivity index is 2.48. The van der Waals surface area contributed by atoms with E-state index in [1.807, 2.05) is 6.92 Å². The molecule has 5 heteroatoms. The number of halogens is 4. The molecule has 1 nitrogen and oxygen atoms in total. The molecule has 0 aliphatic carbocycles. The van der Waals surface area contributed by atoms with Gasteiger partial charge in [-0.2, -0.15) is 0 Å². The molecule has 20 heavy (non-hydrogen) atoms. The van der Waals surface area contributed by atoms with E-state index in [2.05, 4.69) is 5.32 Å². The average molecular weight is 300 g/mol. The SMILES string of the molecule is CCNC(c1ccc(F)cc1)c1cc(F)c(Cl)cc1F. The molecule has 0 aromatic heterocycles. The Kier molecular flexibility index (Phi) is 4.68. The van der Waals surface area contributed by atoms with E-state index in [1.54, 1.807) is 0 Å². The molecule has 0 fully saturated rings. The monoisotopic (exact) mass is 299 g/mol. The highest BCUT2D eigenvalue weighted by Crippen LogP contribution is 2.28. The lowest BCUT2D eigenvalue weighted by Crippen LogP contribution is -2.23. The van der Waals surface area contributed by atoms with E-state index in [-0.39, 0.29) is 16.4 Å². The van der Waals surface area contributed by atoms with Gasteiger partial charge in [0.2, 0.25) is 0 Å². The van der Waals surface area contributed by atoms with Gasteiger partial charge < -0.3 is 5.32 Å². The van der Waals surface area contributed by atoms with Crippen molar-refractivity contribution in [1.82, 2.24) is 5.32 Å². The van der Waals surface area contributed by atoms with Crippen LogP contribution in [0.25, 0.3) is 0 Å². The van der Waals surface area contributed by atoms with Crippen LogP contribution >= 0.6 is 11.6 Å². The van der Waals surface area contributed by atoms with Crippen molar-refractivity contribution in [3.63, 3.8) is 0 Å². The third-order valence-corrected chi connectivity index (χ3v) is 3.25. The number of hydrogen-bond donors (Lipinski definition) is 1. The predicted octanol–water partition coefficient (Wildman–Crippen LogP) is 4.46. The zero-order valence-corrected chi connectivity index (χ0v) is 11.5. The van der Waals surface area contributed by atoms with Gasteiger partial charge in [0.1, 0.15) is 17.5 Å². The van der Waals surface area contributed by atoms with Gasteiger partial charge in [-0.3, -0.25) is 0 Å². The van der Waals surface area contributed by atoms with Crippen LogP contribution in [0.4, 0.5) is 13.2 Å². The molecule has 0 bridgehead atoms. The van der Waals surface area contributed by atoms with Crippen LogP contribution in [0.2, 0.25) is 5.02 Å². The molecule has 0 amide bonds. The van der Waals surface area contributed by atoms with Crippen molar-refractivity contribution in [2.75, 3.05) is 6.54 Å². The van der Waals surface area contributed by atoms with Gasteiger partial charge in [-0.15, -0.1) is 0 Å². The second kappa shape index (κ2) is 6.29. The van der Waals surface area contributed by atoms with Crippen molar-refractivity contribution in [2.45, 2.75) is 13.0 Å². The highest BCUT2D eigenvalue weighted by atomic mass is 35.5. The Labute approximate surface area is 120 Å². The number of nitrogens with one attached hydrogen (secondary N) is 1. The summed E-state index contributed by atoms with van der Waals surface area (Å²) in [6.07, 6.45) is 0. The molecule has 2 aromatic rings. The van der Waals surface area contributed by atoms with Crippen LogP contribution in [0.3, 0.4) is 0 Å². The van der Waals surface area contributed by atoms with Crippen LogP contribution < -0.4 is 5.32 Å². The molecule has 0 saturated carbocycles. The minimum atomic E-state index is -0.687. The summed E-state index contributed by atoms with van der Waals surface area (Å²) in [5.74, 6) is -1.67. The van der Waals surface area contributed by atoms with Crippen molar-refractivity contribution in [3.8, 4) is 0 Å². The summed E-state index contributed by atoms with van der Waals surface area (Å²) >= 11 is 5.55. The predicted molar refractivity (Wildman–Crippen MR) is 73.3 cm³/mol. The van der Waals surface area contributed by atoms with E-state index >= 15 is 0 Å². The van der Waals surface area contributed by atoms with Crippen molar-refractivity contribution in [3.05, 3.63) is 70.0 Å². The van der Waals surface area contributed by atoms with E-state index in [0.29, 0.717) is 12.1 Å². The largest absolute Gasteiger partial charge is 0.306 e. The summed E-state index contributed by atoms with van der Waals surface area (Å²) in [5, 5.41) is 2.79. The molecule has 0 aliphatic heterocycles. The summed E-state index contributed by atoms with van der Waals surface area (Å²) in [6.45, 7) is 2.40. The summed E-state index contributed by atoms with van der Waals surface area (Å²) in [7, 11) is 0. The van der Waals surface area contributed by atoms with Crippen LogP contribution in [0.15, 0.2) is 36.4 Å². The molecule has 2 rings (SSSR count). The molecule has 0 saturated heterocycles. The maximum atomic E-state index is 14.0. The fraction of sp³-hybridized carbons (Fsp3) is 0.200. The van der Waals surface area contributed by atoms with Crippen LogP contribution in [0.5, 0.6) is 0 Å². The number of benzene rings is 2. The van der Waals surface area contributed by atoms with Gasteiger partial charge >= 0.3 is 0 Å². The van der Waals surface area contributed by atoms with Crippen LogP contribution in [-0.4, -0.2) is 6.54 Å². The lowest BCUT2D eigenvalue weighted by Gasteiger charge is -2.20. The Morgan fingerprint density at radius 1 is 1.05 bits per heavy atom. The van der Waals surface area contributed by atoms with Crippen molar-refractivity contribution >= 4 is 11.6 Å². The molecule has 1 N–H and O–H groups in total. The molecule has 1 unspecified atom stereocenters. The van der Waals surface area contributed by atoms with Gasteiger partial charge in [0.05, 0.1) is 11.1 Å². The average Bonchev–Trinajstić information content (AvgIpc) is 2.42. The highest BCUT2D eigenvalue weighted by molar-refractivity contribution is 6.30. The van der Waals surface area contributed by atoms with Crippen LogP contribution in [0, 0.1) is 17.5 Å². The first-order valence-electron chi connectivity index (χ1n) is 6.16. The zero-order chi connectivity index (χ0) is 14.7. The molecule has 0 spiro atoms. The number of rotatable bonds is 4. The third-order valence-electron chi connectivity index (χ3n) is 2.96. The minimum Gasteiger partial charge on any atom is -0.306 e. The summed E-state index contributed by atoms with van der Waals surface area (Å²) in [6, 6.07) is 7.08. The molecule has 0 aliphatic rings. The number of hydrogen-bond acceptors (Lipinski definition) is 1. The first-order valence-corrected chi connectivity index (χ1v) is 6.54. The fourth-order valence-corrected chi connectivity index (χ4v) is 2.18. The fourth-order valence-electron chi connectivity index (χ4n) is 2.03. The van der Waals surface area contributed by atoms with E-state index in [4.69, 9.17) is 11.6 Å². The highest BCUT2D eigenvalue weighted by Gasteiger charge is 2.19. The molecular weight excluding hydrogens is 287 g/mol. The summed E-state index contributed by atoms with van der Waals surface area (Å²) in [5.41, 5.74) is 0.786. The first-order chi connectivity index (χ1) is 9.52. The van der Waals surface area contributed by atoms with Gasteiger partial charge in [0, 0.05) is 5.56 Å². The second-order valence-electron chi connectivity index (χ2n) is 4.33. The normalized spacial score (nSPS) is 12.4. The van der Waals surface area contributed by atoms with E-state index in [1.165, 1.54) is 24.3 Å². The van der Waals surface area contributed by atoms with E-state index in [9.17, 15) is 13.2 Å². The Bertz CT molecular complexity index is 599.